The van der Waals surface area contributed by atoms with Gasteiger partial charge >= 0.3 is 0 Å². The molecule has 2 rings (SSSR count). The predicted molar refractivity (Wildman–Crippen MR) is 188 cm³/mol. The van der Waals surface area contributed by atoms with Gasteiger partial charge in [0.25, 0.3) is 0 Å². The number of phenolic OH excluding ortho intramolecular Hbond substituents is 2. The summed E-state index contributed by atoms with van der Waals surface area (Å²) in [4.78, 5) is 27.6. The molecule has 0 heterocycles. The fourth-order valence-electron chi connectivity index (χ4n) is 6.00. The number of unbranched alkanes of at least 4 members (excludes halogenated alkanes) is 2. The van der Waals surface area contributed by atoms with Crippen LogP contribution < -0.4 is 0 Å². The van der Waals surface area contributed by atoms with E-state index in [1.165, 1.54) is 0 Å². The number of rotatable bonds is 13. The first-order valence-electron chi connectivity index (χ1n) is 17.0. The van der Waals surface area contributed by atoms with Gasteiger partial charge in [-0.1, -0.05) is 114 Å². The molecule has 0 fully saturated rings. The Morgan fingerprint density at radius 2 is 0.848 bits per heavy atom. The number of phenols is 2. The number of aliphatic hydroxyl groups excluding tert-OH is 1. The second-order valence-corrected chi connectivity index (χ2v) is 17.3. The van der Waals surface area contributed by atoms with Gasteiger partial charge in [0.1, 0.15) is 11.5 Å². The second kappa shape index (κ2) is 14.6. The number of aryl methyl sites for hydroxylation is 2. The molecule has 0 radical (unpaired) electrons. The van der Waals surface area contributed by atoms with Crippen molar-refractivity contribution < 1.29 is 30.0 Å². The van der Waals surface area contributed by atoms with E-state index in [-0.39, 0.29) is 59.0 Å². The molecule has 46 heavy (non-hydrogen) atoms. The van der Waals surface area contributed by atoms with Crippen LogP contribution in [0.15, 0.2) is 24.3 Å². The van der Waals surface area contributed by atoms with Crippen LogP contribution in [0.25, 0.3) is 0 Å². The maximum absolute atomic E-state index is 13.8. The smallest absolute Gasteiger partial charge is 0.181 e. The Hall–Kier alpha value is -2.70. The van der Waals surface area contributed by atoms with Crippen LogP contribution in [0, 0.1) is 0 Å². The number of ketones is 2. The molecule has 0 saturated carbocycles. The molecule has 0 aromatic heterocycles. The molecule has 0 aliphatic carbocycles. The average molecular weight is 639 g/mol. The Morgan fingerprint density at radius 1 is 0.543 bits per heavy atom. The Morgan fingerprint density at radius 3 is 1.11 bits per heavy atom. The van der Waals surface area contributed by atoms with Gasteiger partial charge in [-0.2, -0.15) is 0 Å². The Labute approximate surface area is 278 Å². The van der Waals surface area contributed by atoms with Crippen LogP contribution in [-0.2, 0) is 44.1 Å². The molecule has 0 atom stereocenters. The molecule has 4 N–H and O–H groups in total. The van der Waals surface area contributed by atoms with Crippen molar-refractivity contribution in [1.29, 1.82) is 0 Å². The number of carbonyl (C=O) groups excluding carboxylic acids is 2. The molecular formula is C40H62O6. The lowest BCUT2D eigenvalue weighted by atomic mass is 9.77. The van der Waals surface area contributed by atoms with E-state index in [2.05, 4.69) is 0 Å². The zero-order chi connectivity index (χ0) is 35.5. The number of hydrogen-bond donors (Lipinski definition) is 4. The third kappa shape index (κ3) is 9.90. The quantitative estimate of drug-likeness (QED) is 0.130. The molecule has 258 valence electrons. The molecule has 2 aromatic carbocycles. The van der Waals surface area contributed by atoms with Crippen molar-refractivity contribution in [2.24, 2.45) is 0 Å². The third-order valence-corrected chi connectivity index (χ3v) is 8.97. The monoisotopic (exact) mass is 638 g/mol. The average Bonchev–Trinajstić information content (AvgIpc) is 2.91. The maximum Gasteiger partial charge on any atom is 0.181 e. The van der Waals surface area contributed by atoms with E-state index in [4.69, 9.17) is 0 Å². The van der Waals surface area contributed by atoms with Gasteiger partial charge in [0, 0.05) is 19.4 Å². The number of hydrogen-bond acceptors (Lipinski definition) is 6. The van der Waals surface area contributed by atoms with Gasteiger partial charge in [-0.3, -0.25) is 9.59 Å². The number of Topliss-reactive ketones (excluding diaryl/α,β-unsaturated/α-hetero) is 2. The maximum atomic E-state index is 13.8. The minimum atomic E-state index is -2.12. The predicted octanol–water partition coefficient (Wildman–Crippen LogP) is 8.28. The van der Waals surface area contributed by atoms with E-state index in [1.54, 1.807) is 0 Å². The first-order chi connectivity index (χ1) is 20.8. The van der Waals surface area contributed by atoms with Crippen LogP contribution >= 0.6 is 0 Å². The molecule has 0 unspecified atom stereocenters. The topological polar surface area (TPSA) is 115 Å². The summed E-state index contributed by atoms with van der Waals surface area (Å²) in [6.45, 7) is 24.5. The number of aromatic hydroxyl groups is 2. The van der Waals surface area contributed by atoms with E-state index in [1.807, 2.05) is 107 Å². The van der Waals surface area contributed by atoms with Crippen molar-refractivity contribution in [2.75, 3.05) is 6.61 Å². The summed E-state index contributed by atoms with van der Waals surface area (Å²) < 4.78 is 0. The molecule has 0 spiro atoms. The lowest BCUT2D eigenvalue weighted by molar-refractivity contribution is -0.151. The van der Waals surface area contributed by atoms with E-state index < -0.39 is 17.2 Å². The van der Waals surface area contributed by atoms with Crippen LogP contribution in [-0.4, -0.2) is 44.2 Å². The molecule has 0 bridgehead atoms. The van der Waals surface area contributed by atoms with Gasteiger partial charge < -0.3 is 20.4 Å². The van der Waals surface area contributed by atoms with Crippen LogP contribution in [0.3, 0.4) is 0 Å². The summed E-state index contributed by atoms with van der Waals surface area (Å²) in [6.07, 6.45) is 2.23. The zero-order valence-electron chi connectivity index (χ0n) is 30.8. The Kier molecular flexibility index (Phi) is 12.5. The van der Waals surface area contributed by atoms with E-state index in [0.29, 0.717) is 32.1 Å². The summed E-state index contributed by atoms with van der Waals surface area (Å²) in [5.74, 6) is -0.463. The largest absolute Gasteiger partial charge is 0.507 e. The van der Waals surface area contributed by atoms with Gasteiger partial charge in [-0.05, 0) is 87.1 Å². The first kappa shape index (κ1) is 39.5. The summed E-state index contributed by atoms with van der Waals surface area (Å²) in [6, 6.07) is 7.74. The van der Waals surface area contributed by atoms with Gasteiger partial charge in [0.15, 0.2) is 17.2 Å². The molecule has 2 aromatic rings. The fourth-order valence-corrected chi connectivity index (χ4v) is 6.00. The standard InChI is InChI=1S/C40H62O6/c1-36(2,3)28-22-26(23-29(34(28)44)37(4,5)6)16-18-32(42)40(46,20-14-13-15-21-41)33(43)19-17-27-24-30(38(7,8)9)35(45)31(25-27)39(10,11)12/h22-25,41,44-46H,13-21H2,1-12H3. The second-order valence-electron chi connectivity index (χ2n) is 17.3. The van der Waals surface area contributed by atoms with Gasteiger partial charge in [-0.15, -0.1) is 0 Å². The summed E-state index contributed by atoms with van der Waals surface area (Å²) in [5, 5.41) is 43.3. The summed E-state index contributed by atoms with van der Waals surface area (Å²) >= 11 is 0. The molecule has 0 aliphatic heterocycles. The Bertz CT molecular complexity index is 1200. The highest BCUT2D eigenvalue weighted by molar-refractivity contribution is 6.10. The van der Waals surface area contributed by atoms with Crippen LogP contribution in [0.1, 0.15) is 155 Å². The first-order valence-corrected chi connectivity index (χ1v) is 17.0. The fraction of sp³-hybridized carbons (Fsp3) is 0.650. The minimum absolute atomic E-state index is 0.0107. The van der Waals surface area contributed by atoms with Crippen molar-refractivity contribution in [3.8, 4) is 11.5 Å². The lowest BCUT2D eigenvalue weighted by Crippen LogP contribution is -2.47. The highest BCUT2D eigenvalue weighted by atomic mass is 16.3. The zero-order valence-corrected chi connectivity index (χ0v) is 30.8. The molecular weight excluding hydrogens is 576 g/mol. The van der Waals surface area contributed by atoms with Crippen molar-refractivity contribution in [3.05, 3.63) is 57.6 Å². The van der Waals surface area contributed by atoms with Gasteiger partial charge in [-0.25, -0.2) is 0 Å². The molecule has 6 heteroatoms. The van der Waals surface area contributed by atoms with E-state index >= 15 is 0 Å². The Balaban J connectivity index is 2.41. The molecule has 0 amide bonds. The normalized spacial score (nSPS) is 13.3. The minimum Gasteiger partial charge on any atom is -0.507 e. The van der Waals surface area contributed by atoms with Gasteiger partial charge in [0.05, 0.1) is 0 Å². The summed E-state index contributed by atoms with van der Waals surface area (Å²) in [7, 11) is 0. The molecule has 0 aliphatic rings. The number of carbonyl (C=O) groups is 2. The molecule has 6 nitrogen and oxygen atoms in total. The van der Waals surface area contributed by atoms with Crippen molar-refractivity contribution in [1.82, 2.24) is 0 Å². The van der Waals surface area contributed by atoms with Crippen molar-refractivity contribution in [3.63, 3.8) is 0 Å². The van der Waals surface area contributed by atoms with E-state index in [0.717, 1.165) is 33.4 Å². The van der Waals surface area contributed by atoms with Crippen LogP contribution in [0.2, 0.25) is 0 Å². The van der Waals surface area contributed by atoms with Crippen molar-refractivity contribution in [2.45, 2.75) is 162 Å². The summed E-state index contributed by atoms with van der Waals surface area (Å²) in [5.41, 5.74) is 1.57. The van der Waals surface area contributed by atoms with Crippen LogP contribution in [0.4, 0.5) is 0 Å². The number of aliphatic hydroxyl groups is 2. The van der Waals surface area contributed by atoms with Gasteiger partial charge in [0.2, 0.25) is 0 Å². The highest BCUT2D eigenvalue weighted by Gasteiger charge is 2.41. The third-order valence-electron chi connectivity index (χ3n) is 8.97. The van der Waals surface area contributed by atoms with Crippen LogP contribution in [0.5, 0.6) is 11.5 Å². The van der Waals surface area contributed by atoms with E-state index in [9.17, 15) is 30.0 Å². The SMILES string of the molecule is CC(C)(C)c1cc(CCC(=O)C(O)(CCCCCO)C(=O)CCc2cc(C(C)(C)C)c(O)c(C(C)(C)C)c2)cc(C(C)(C)C)c1O. The van der Waals surface area contributed by atoms with Crippen molar-refractivity contribution >= 4 is 11.6 Å². The lowest BCUT2D eigenvalue weighted by Gasteiger charge is -2.29. The highest BCUT2D eigenvalue weighted by Crippen LogP contribution is 2.41. The number of benzene rings is 2. The molecule has 0 saturated heterocycles.